The van der Waals surface area contributed by atoms with E-state index in [9.17, 15) is 14.7 Å². The maximum Gasteiger partial charge on any atom is 0.323 e. The third-order valence-corrected chi connectivity index (χ3v) is 6.93. The van der Waals surface area contributed by atoms with Gasteiger partial charge in [-0.3, -0.25) is 9.59 Å². The van der Waals surface area contributed by atoms with Gasteiger partial charge in [-0.2, -0.15) is 0 Å². The van der Waals surface area contributed by atoms with Gasteiger partial charge in [0.15, 0.2) is 0 Å². The number of hydrogen-bond acceptors (Lipinski definition) is 4. The van der Waals surface area contributed by atoms with Crippen LogP contribution in [0.15, 0.2) is 66.9 Å². The van der Waals surface area contributed by atoms with E-state index in [4.69, 9.17) is 26.2 Å². The van der Waals surface area contributed by atoms with Crippen LogP contribution < -0.4 is 9.47 Å². The number of benzene rings is 3. The largest absolute Gasteiger partial charge is 0.493 e. The van der Waals surface area contributed by atoms with Crippen LogP contribution >= 0.6 is 11.6 Å². The zero-order valence-corrected chi connectivity index (χ0v) is 23.1. The molecule has 0 amide bonds. The number of ether oxygens (including phenoxy) is 2. The molecule has 40 heavy (non-hydrogen) atoms. The summed E-state index contributed by atoms with van der Waals surface area (Å²) in [6.45, 7) is 2.81. The molecule has 0 bridgehead atoms. The van der Waals surface area contributed by atoms with E-state index in [0.29, 0.717) is 31.1 Å². The summed E-state index contributed by atoms with van der Waals surface area (Å²) in [5.41, 5.74) is 4.56. The van der Waals surface area contributed by atoms with Crippen molar-refractivity contribution in [2.75, 3.05) is 13.2 Å². The summed E-state index contributed by atoms with van der Waals surface area (Å²) >= 11 is 6.13. The van der Waals surface area contributed by atoms with Crippen LogP contribution in [0.25, 0.3) is 23.1 Å². The number of halogens is 1. The number of carbonyl (C=O) groups is 2. The summed E-state index contributed by atoms with van der Waals surface area (Å²) in [5, 5.41) is 20.0. The van der Waals surface area contributed by atoms with Crippen molar-refractivity contribution in [1.82, 2.24) is 4.57 Å². The topological polar surface area (TPSA) is 98.0 Å². The normalized spacial score (nSPS) is 11.2. The number of nitrogens with zero attached hydrogens (tertiary/aromatic N) is 1. The fraction of sp³-hybridized carbons (Fsp3) is 0.250. The highest BCUT2D eigenvalue weighted by molar-refractivity contribution is 6.31. The first-order valence-electron chi connectivity index (χ1n) is 13.1. The fourth-order valence-electron chi connectivity index (χ4n) is 4.53. The molecule has 1 aromatic heterocycles. The van der Waals surface area contributed by atoms with Crippen LogP contribution in [0.4, 0.5) is 0 Å². The van der Waals surface area contributed by atoms with Gasteiger partial charge in [-0.15, -0.1) is 0 Å². The quantitative estimate of drug-likeness (QED) is 0.126. The minimum atomic E-state index is -0.936. The smallest absolute Gasteiger partial charge is 0.323 e. The molecule has 0 unspecified atom stereocenters. The summed E-state index contributed by atoms with van der Waals surface area (Å²) in [7, 11) is 0. The second kappa shape index (κ2) is 13.7. The molecule has 0 saturated heterocycles. The Morgan fingerprint density at radius 2 is 1.65 bits per heavy atom. The lowest BCUT2D eigenvalue weighted by atomic mass is 10.0. The second-order valence-corrected chi connectivity index (χ2v) is 9.89. The van der Waals surface area contributed by atoms with Gasteiger partial charge in [-0.05, 0) is 60.7 Å². The van der Waals surface area contributed by atoms with E-state index < -0.39 is 11.9 Å². The molecule has 0 saturated carbocycles. The molecule has 7 nitrogen and oxygen atoms in total. The lowest BCUT2D eigenvalue weighted by Gasteiger charge is -2.11. The van der Waals surface area contributed by atoms with Crippen molar-refractivity contribution in [2.24, 2.45) is 0 Å². The average Bonchev–Trinajstić information content (AvgIpc) is 3.27. The van der Waals surface area contributed by atoms with E-state index in [1.165, 1.54) is 0 Å². The standard InChI is InChI=1S/C32H32ClNO6/c1-22-28(33)9-4-10-29(22)40-19-5-18-39-26-16-13-23(14-17-26)12-15-24-6-2-8-27-25(7-3-11-30(35)36)20-34(32(24)27)21-31(37)38/h2,4,6,8-10,12-17,20H,3,5,7,11,18-19,21H2,1H3,(H,35,36)(H,37,38)/b15-12+. The summed E-state index contributed by atoms with van der Waals surface area (Å²) in [4.78, 5) is 22.4. The summed E-state index contributed by atoms with van der Waals surface area (Å²) in [6.07, 6.45) is 7.62. The lowest BCUT2D eigenvalue weighted by Crippen LogP contribution is -2.07. The number of aryl methyl sites for hydroxylation is 1. The van der Waals surface area contributed by atoms with E-state index in [1.54, 1.807) is 4.57 Å². The first-order chi connectivity index (χ1) is 19.3. The molecule has 0 spiro atoms. The zero-order chi connectivity index (χ0) is 28.5. The molecular formula is C32H32ClNO6. The molecule has 3 aromatic carbocycles. The number of fused-ring (bicyclic) bond motifs is 1. The van der Waals surface area contributed by atoms with Gasteiger partial charge in [0.2, 0.25) is 0 Å². The number of carboxylic acid groups (broad SMARTS) is 2. The Morgan fingerprint density at radius 1 is 0.900 bits per heavy atom. The minimum absolute atomic E-state index is 0.0708. The Bertz CT molecular complexity index is 1510. The van der Waals surface area contributed by atoms with Crippen LogP contribution in [0, 0.1) is 6.92 Å². The van der Waals surface area contributed by atoms with Crippen LogP contribution in [-0.4, -0.2) is 39.9 Å². The molecular weight excluding hydrogens is 530 g/mol. The van der Waals surface area contributed by atoms with Gasteiger partial charge in [0, 0.05) is 35.0 Å². The van der Waals surface area contributed by atoms with Gasteiger partial charge in [0.1, 0.15) is 18.0 Å². The van der Waals surface area contributed by atoms with Crippen LogP contribution in [0.2, 0.25) is 5.02 Å². The van der Waals surface area contributed by atoms with E-state index in [2.05, 4.69) is 0 Å². The monoisotopic (exact) mass is 561 g/mol. The van der Waals surface area contributed by atoms with E-state index in [1.807, 2.05) is 85.9 Å². The van der Waals surface area contributed by atoms with Gasteiger partial charge < -0.3 is 24.3 Å². The molecule has 0 aliphatic rings. The first-order valence-corrected chi connectivity index (χ1v) is 13.5. The molecule has 0 aliphatic heterocycles. The van der Waals surface area contributed by atoms with Crippen molar-refractivity contribution in [3.63, 3.8) is 0 Å². The lowest BCUT2D eigenvalue weighted by molar-refractivity contribution is -0.138. The molecule has 0 atom stereocenters. The highest BCUT2D eigenvalue weighted by atomic mass is 35.5. The molecule has 0 aliphatic carbocycles. The van der Waals surface area contributed by atoms with Crippen molar-refractivity contribution >= 4 is 46.6 Å². The number of carboxylic acids is 2. The highest BCUT2D eigenvalue weighted by Crippen LogP contribution is 2.28. The number of aromatic nitrogens is 1. The van der Waals surface area contributed by atoms with E-state index in [-0.39, 0.29) is 13.0 Å². The summed E-state index contributed by atoms with van der Waals surface area (Å²) in [5.74, 6) is -0.231. The molecule has 2 N–H and O–H groups in total. The van der Waals surface area contributed by atoms with Crippen molar-refractivity contribution < 1.29 is 29.3 Å². The maximum absolute atomic E-state index is 11.5. The predicted molar refractivity (Wildman–Crippen MR) is 157 cm³/mol. The third kappa shape index (κ3) is 7.67. The van der Waals surface area contributed by atoms with Gasteiger partial charge >= 0.3 is 11.9 Å². The second-order valence-electron chi connectivity index (χ2n) is 9.48. The first kappa shape index (κ1) is 28.8. The number of para-hydroxylation sites is 1. The van der Waals surface area contributed by atoms with Crippen molar-refractivity contribution in [3.05, 3.63) is 94.1 Å². The zero-order valence-electron chi connectivity index (χ0n) is 22.3. The van der Waals surface area contributed by atoms with Crippen molar-refractivity contribution in [2.45, 2.75) is 39.2 Å². The molecule has 0 fully saturated rings. The predicted octanol–water partition coefficient (Wildman–Crippen LogP) is 7.11. The van der Waals surface area contributed by atoms with Gasteiger partial charge in [-0.25, -0.2) is 0 Å². The SMILES string of the molecule is Cc1c(Cl)cccc1OCCCOc1ccc(/C=C/c2cccc3c(CCCC(=O)O)cn(CC(=O)O)c23)cc1. The summed E-state index contributed by atoms with van der Waals surface area (Å²) < 4.78 is 13.4. The molecule has 4 aromatic rings. The Kier molecular flexibility index (Phi) is 9.86. The maximum atomic E-state index is 11.5. The van der Waals surface area contributed by atoms with Crippen molar-refractivity contribution in [1.29, 1.82) is 0 Å². The van der Waals surface area contributed by atoms with Crippen molar-refractivity contribution in [3.8, 4) is 11.5 Å². The van der Waals surface area contributed by atoms with E-state index >= 15 is 0 Å². The highest BCUT2D eigenvalue weighted by Gasteiger charge is 2.13. The van der Waals surface area contributed by atoms with Gasteiger partial charge in [-0.1, -0.05) is 60.2 Å². The van der Waals surface area contributed by atoms with E-state index in [0.717, 1.165) is 51.1 Å². The Hall–Kier alpha value is -4.23. The number of hydrogen-bond donors (Lipinski definition) is 2. The molecule has 208 valence electrons. The Balaban J connectivity index is 1.38. The summed E-state index contributed by atoms with van der Waals surface area (Å²) in [6, 6.07) is 19.2. The third-order valence-electron chi connectivity index (χ3n) is 6.52. The van der Waals surface area contributed by atoms with Gasteiger partial charge in [0.05, 0.1) is 18.7 Å². The fourth-order valence-corrected chi connectivity index (χ4v) is 4.70. The number of aliphatic carboxylic acids is 2. The van der Waals surface area contributed by atoms with Crippen LogP contribution in [0.5, 0.6) is 11.5 Å². The molecule has 4 rings (SSSR count). The molecule has 1 heterocycles. The van der Waals surface area contributed by atoms with Crippen LogP contribution in [-0.2, 0) is 22.6 Å². The van der Waals surface area contributed by atoms with Crippen LogP contribution in [0.3, 0.4) is 0 Å². The van der Waals surface area contributed by atoms with Crippen LogP contribution in [0.1, 0.15) is 41.5 Å². The minimum Gasteiger partial charge on any atom is -0.493 e. The van der Waals surface area contributed by atoms with Gasteiger partial charge in [0.25, 0.3) is 0 Å². The average molecular weight is 562 g/mol. The Labute approximate surface area is 238 Å². The Morgan fingerprint density at radius 3 is 2.40 bits per heavy atom. The molecule has 0 radical (unpaired) electrons. The molecule has 8 heteroatoms. The number of rotatable bonds is 14.